The summed E-state index contributed by atoms with van der Waals surface area (Å²) in [6.07, 6.45) is 0.601. The summed E-state index contributed by atoms with van der Waals surface area (Å²) in [5.41, 5.74) is 1.19. The molecule has 1 amide bonds. The molecule has 0 radical (unpaired) electrons. The van der Waals surface area contributed by atoms with Gasteiger partial charge in [0.1, 0.15) is 0 Å². The second-order valence-corrected chi connectivity index (χ2v) is 10.7. The molecule has 10 heteroatoms. The molecule has 0 aliphatic carbocycles. The zero-order valence-corrected chi connectivity index (χ0v) is 18.8. The average Bonchev–Trinajstić information content (AvgIpc) is 3.20. The van der Waals surface area contributed by atoms with Gasteiger partial charge in [-0.2, -0.15) is 0 Å². The molecule has 3 aromatic rings. The van der Waals surface area contributed by atoms with Crippen molar-refractivity contribution >= 4 is 44.2 Å². The van der Waals surface area contributed by atoms with Crippen LogP contribution in [0.4, 0.5) is 5.13 Å². The van der Waals surface area contributed by atoms with Crippen LogP contribution in [0, 0.1) is 0 Å². The van der Waals surface area contributed by atoms with Crippen LogP contribution in [0.3, 0.4) is 0 Å². The zero-order chi connectivity index (χ0) is 21.4. The summed E-state index contributed by atoms with van der Waals surface area (Å²) in [4.78, 5) is 12.4. The molecule has 0 aliphatic rings. The number of nitrogens with one attached hydrogen (secondary N) is 1. The molecule has 1 heterocycles. The molecule has 30 heavy (non-hydrogen) atoms. The smallest absolute Gasteiger partial charge is 0.242 e. The third kappa shape index (κ3) is 6.36. The van der Waals surface area contributed by atoms with Crippen molar-refractivity contribution < 1.29 is 13.2 Å². The van der Waals surface area contributed by atoms with Gasteiger partial charge in [0.05, 0.1) is 4.90 Å². The van der Waals surface area contributed by atoms with E-state index >= 15 is 0 Å². The van der Waals surface area contributed by atoms with E-state index in [9.17, 15) is 13.2 Å². The molecular formula is C20H22N4O3S3. The van der Waals surface area contributed by atoms with Crippen LogP contribution in [-0.2, 0) is 20.6 Å². The summed E-state index contributed by atoms with van der Waals surface area (Å²) in [5.74, 6) is 0.572. The van der Waals surface area contributed by atoms with Gasteiger partial charge in [0, 0.05) is 25.8 Å². The fourth-order valence-electron chi connectivity index (χ4n) is 2.57. The Bertz CT molecular complexity index is 1060. The Balaban J connectivity index is 1.42. The molecule has 0 saturated carbocycles. The number of thioether (sulfide) groups is 1. The Morgan fingerprint density at radius 2 is 1.73 bits per heavy atom. The normalized spacial score (nSPS) is 11.5. The number of anilines is 1. The van der Waals surface area contributed by atoms with Crippen LogP contribution in [0.15, 0.2) is 69.9 Å². The number of nitrogens with zero attached hydrogens (tertiary/aromatic N) is 3. The summed E-state index contributed by atoms with van der Waals surface area (Å²) in [5, 5.41) is 11.3. The number of carbonyl (C=O) groups is 1. The molecule has 2 aromatic carbocycles. The highest BCUT2D eigenvalue weighted by Gasteiger charge is 2.20. The molecule has 0 bridgehead atoms. The molecule has 0 unspecified atom stereocenters. The monoisotopic (exact) mass is 462 g/mol. The van der Waals surface area contributed by atoms with E-state index < -0.39 is 10.0 Å². The van der Waals surface area contributed by atoms with E-state index in [4.69, 9.17) is 0 Å². The van der Waals surface area contributed by atoms with E-state index in [0.29, 0.717) is 11.6 Å². The largest absolute Gasteiger partial charge is 0.301 e. The van der Waals surface area contributed by atoms with Gasteiger partial charge < -0.3 is 5.32 Å². The third-order valence-electron chi connectivity index (χ3n) is 4.19. The summed E-state index contributed by atoms with van der Waals surface area (Å²) in [6, 6.07) is 18.3. The number of amides is 1. The van der Waals surface area contributed by atoms with Crippen molar-refractivity contribution in [2.24, 2.45) is 0 Å². The molecule has 158 valence electrons. The Morgan fingerprint density at radius 3 is 2.43 bits per heavy atom. The first-order valence-corrected chi connectivity index (χ1v) is 12.5. The van der Waals surface area contributed by atoms with Crippen molar-refractivity contribution in [3.05, 3.63) is 66.2 Å². The first-order valence-electron chi connectivity index (χ1n) is 9.26. The first kappa shape index (κ1) is 22.4. The molecule has 1 N–H and O–H groups in total. The third-order valence-corrected chi connectivity index (χ3v) is 8.10. The quantitative estimate of drug-likeness (QED) is 0.363. The second kappa shape index (κ2) is 10.7. The van der Waals surface area contributed by atoms with Crippen molar-refractivity contribution in [2.45, 2.75) is 27.8 Å². The molecule has 0 atom stereocenters. The average molecular weight is 463 g/mol. The summed E-state index contributed by atoms with van der Waals surface area (Å²) in [7, 11) is -2.03. The molecule has 0 saturated heterocycles. The minimum Gasteiger partial charge on any atom is -0.301 e. The lowest BCUT2D eigenvalue weighted by atomic mass is 10.2. The minimum atomic E-state index is -3.54. The van der Waals surface area contributed by atoms with Gasteiger partial charge in [-0.15, -0.1) is 10.2 Å². The van der Waals surface area contributed by atoms with E-state index in [1.807, 2.05) is 30.3 Å². The van der Waals surface area contributed by atoms with Gasteiger partial charge in [-0.1, -0.05) is 71.6 Å². The zero-order valence-electron chi connectivity index (χ0n) is 16.4. The number of hydrogen-bond donors (Lipinski definition) is 1. The van der Waals surface area contributed by atoms with Gasteiger partial charge in [0.2, 0.25) is 21.1 Å². The van der Waals surface area contributed by atoms with E-state index in [-0.39, 0.29) is 23.8 Å². The maximum atomic E-state index is 12.5. The fourth-order valence-corrected chi connectivity index (χ4v) is 5.53. The predicted molar refractivity (Wildman–Crippen MR) is 120 cm³/mol. The number of benzene rings is 2. The van der Waals surface area contributed by atoms with Crippen LogP contribution in [0.5, 0.6) is 0 Å². The molecular weight excluding hydrogens is 440 g/mol. The SMILES string of the molecule is CN(CCCC(=O)Nc1nnc(SCc2ccccc2)s1)S(=O)(=O)c1ccccc1. The Hall–Kier alpha value is -2.27. The number of rotatable bonds is 10. The van der Waals surface area contributed by atoms with Crippen molar-refractivity contribution in [1.29, 1.82) is 0 Å². The van der Waals surface area contributed by atoms with E-state index in [2.05, 4.69) is 15.5 Å². The van der Waals surface area contributed by atoms with Crippen LogP contribution in [0.25, 0.3) is 0 Å². The van der Waals surface area contributed by atoms with E-state index in [1.165, 1.54) is 28.3 Å². The summed E-state index contributed by atoms with van der Waals surface area (Å²) < 4.78 is 27.0. The molecule has 3 rings (SSSR count). The van der Waals surface area contributed by atoms with Gasteiger partial charge >= 0.3 is 0 Å². The Kier molecular flexibility index (Phi) is 7.97. The molecule has 0 spiro atoms. The van der Waals surface area contributed by atoms with E-state index in [1.54, 1.807) is 42.1 Å². The van der Waals surface area contributed by atoms with Crippen LogP contribution < -0.4 is 5.32 Å². The highest BCUT2D eigenvalue weighted by molar-refractivity contribution is 8.00. The molecule has 7 nitrogen and oxygen atoms in total. The fraction of sp³-hybridized carbons (Fsp3) is 0.250. The standard InChI is InChI=1S/C20H22N4O3S3/c1-24(30(26,27)17-11-6-3-7-12-17)14-8-13-18(25)21-19-22-23-20(29-19)28-15-16-9-4-2-5-10-16/h2-7,9-12H,8,13-15H2,1H3,(H,21,22,25). The predicted octanol–water partition coefficient (Wildman–Crippen LogP) is 3.87. The van der Waals surface area contributed by atoms with Gasteiger partial charge in [0.25, 0.3) is 0 Å². The second-order valence-electron chi connectivity index (χ2n) is 6.44. The van der Waals surface area contributed by atoms with Gasteiger partial charge in [0.15, 0.2) is 4.34 Å². The highest BCUT2D eigenvalue weighted by Crippen LogP contribution is 2.28. The Morgan fingerprint density at radius 1 is 1.07 bits per heavy atom. The number of carbonyl (C=O) groups excluding carboxylic acids is 1. The topological polar surface area (TPSA) is 92.3 Å². The maximum absolute atomic E-state index is 12.5. The number of aromatic nitrogens is 2. The number of hydrogen-bond acceptors (Lipinski definition) is 7. The first-order chi connectivity index (χ1) is 14.4. The van der Waals surface area contributed by atoms with Crippen LogP contribution in [-0.4, -0.2) is 42.4 Å². The lowest BCUT2D eigenvalue weighted by Crippen LogP contribution is -2.28. The Labute approximate surface area is 184 Å². The lowest BCUT2D eigenvalue weighted by Gasteiger charge is -2.16. The highest BCUT2D eigenvalue weighted by atomic mass is 32.2. The van der Waals surface area contributed by atoms with Gasteiger partial charge in [-0.3, -0.25) is 4.79 Å². The van der Waals surface area contributed by atoms with Crippen LogP contribution in [0.1, 0.15) is 18.4 Å². The van der Waals surface area contributed by atoms with Crippen LogP contribution in [0.2, 0.25) is 0 Å². The molecule has 0 aliphatic heterocycles. The minimum absolute atomic E-state index is 0.195. The van der Waals surface area contributed by atoms with Gasteiger partial charge in [-0.25, -0.2) is 12.7 Å². The molecule has 1 aromatic heterocycles. The van der Waals surface area contributed by atoms with Crippen molar-refractivity contribution in [1.82, 2.24) is 14.5 Å². The van der Waals surface area contributed by atoms with Crippen molar-refractivity contribution in [3.8, 4) is 0 Å². The van der Waals surface area contributed by atoms with E-state index in [0.717, 1.165) is 10.1 Å². The van der Waals surface area contributed by atoms with Crippen molar-refractivity contribution in [2.75, 3.05) is 18.9 Å². The molecule has 0 fully saturated rings. The summed E-state index contributed by atoms with van der Waals surface area (Å²) >= 11 is 2.89. The summed E-state index contributed by atoms with van der Waals surface area (Å²) in [6.45, 7) is 0.249. The lowest BCUT2D eigenvalue weighted by molar-refractivity contribution is -0.116. The maximum Gasteiger partial charge on any atom is 0.242 e. The van der Waals surface area contributed by atoms with Crippen molar-refractivity contribution in [3.63, 3.8) is 0 Å². The van der Waals surface area contributed by atoms with Crippen LogP contribution >= 0.6 is 23.1 Å². The number of sulfonamides is 1. The van der Waals surface area contributed by atoms with Gasteiger partial charge in [-0.05, 0) is 24.1 Å².